The summed E-state index contributed by atoms with van der Waals surface area (Å²) in [6.07, 6.45) is 8.08. The van der Waals surface area contributed by atoms with Crippen LogP contribution in [0.1, 0.15) is 58.8 Å². The quantitative estimate of drug-likeness (QED) is 0.430. The van der Waals surface area contributed by atoms with Crippen molar-refractivity contribution in [3.8, 4) is 5.75 Å². The van der Waals surface area contributed by atoms with Gasteiger partial charge in [-0.05, 0) is 31.5 Å². The fraction of sp³-hybridized carbons (Fsp3) is 0.708. The van der Waals surface area contributed by atoms with Gasteiger partial charge in [0, 0.05) is 32.7 Å². The van der Waals surface area contributed by atoms with E-state index in [0.717, 1.165) is 39.1 Å². The second kappa shape index (κ2) is 15.1. The first-order valence-electron chi connectivity index (χ1n) is 11.8. The summed E-state index contributed by atoms with van der Waals surface area (Å²) in [5.41, 5.74) is 0.667. The molecule has 6 heteroatoms. The zero-order chi connectivity index (χ0) is 21.4. The van der Waals surface area contributed by atoms with E-state index < -0.39 is 6.09 Å². The van der Waals surface area contributed by atoms with Crippen molar-refractivity contribution in [2.75, 3.05) is 57.8 Å². The standard InChI is InChI=1S/C24H41N3O3/c1-3-5-7-8-11-20-29-23-13-10-9-12-22(23)25-24(28)30-21-19-27-17-15-26(16-18-27)14-6-4-2/h9-10,12-13H,3-8,11,14-21H2,1-2H3,(H,25,28). The Kier molecular flexibility index (Phi) is 12.3. The number of unbranched alkanes of at least 4 members (excludes halogenated alkanes) is 5. The summed E-state index contributed by atoms with van der Waals surface area (Å²) in [7, 11) is 0. The number of hydrogen-bond acceptors (Lipinski definition) is 5. The van der Waals surface area contributed by atoms with Gasteiger partial charge in [-0.1, -0.05) is 58.1 Å². The smallest absolute Gasteiger partial charge is 0.411 e. The fourth-order valence-corrected chi connectivity index (χ4v) is 3.62. The molecule has 0 aliphatic carbocycles. The van der Waals surface area contributed by atoms with Crippen LogP contribution in [0.5, 0.6) is 5.75 Å². The molecule has 0 aromatic heterocycles. The molecule has 1 amide bonds. The van der Waals surface area contributed by atoms with Crippen molar-refractivity contribution in [3.05, 3.63) is 24.3 Å². The fourth-order valence-electron chi connectivity index (χ4n) is 3.62. The highest BCUT2D eigenvalue weighted by atomic mass is 16.5. The summed E-state index contributed by atoms with van der Waals surface area (Å²) in [6, 6.07) is 7.55. The Morgan fingerprint density at radius 1 is 0.867 bits per heavy atom. The lowest BCUT2D eigenvalue weighted by molar-refractivity contribution is 0.0999. The van der Waals surface area contributed by atoms with Crippen LogP contribution in [0.15, 0.2) is 24.3 Å². The SMILES string of the molecule is CCCCCCCOc1ccccc1NC(=O)OCCN1CCN(CCCC)CC1. The average molecular weight is 420 g/mol. The van der Waals surface area contributed by atoms with Gasteiger partial charge in [-0.2, -0.15) is 0 Å². The number of piperazine rings is 1. The molecule has 1 aromatic rings. The molecule has 1 aliphatic rings. The molecule has 170 valence electrons. The normalized spacial score (nSPS) is 15.1. The van der Waals surface area contributed by atoms with Gasteiger partial charge < -0.3 is 14.4 Å². The number of para-hydroxylation sites is 2. The van der Waals surface area contributed by atoms with Crippen LogP contribution in [-0.2, 0) is 4.74 Å². The third-order valence-corrected chi connectivity index (χ3v) is 5.56. The van der Waals surface area contributed by atoms with Crippen molar-refractivity contribution >= 4 is 11.8 Å². The maximum atomic E-state index is 12.2. The second-order valence-corrected chi connectivity index (χ2v) is 8.06. The van der Waals surface area contributed by atoms with E-state index in [0.29, 0.717) is 24.7 Å². The highest BCUT2D eigenvalue weighted by molar-refractivity contribution is 5.86. The molecule has 1 heterocycles. The number of ether oxygens (including phenoxy) is 2. The zero-order valence-corrected chi connectivity index (χ0v) is 19.0. The van der Waals surface area contributed by atoms with Crippen LogP contribution in [0.3, 0.4) is 0 Å². The lowest BCUT2D eigenvalue weighted by Crippen LogP contribution is -2.47. The van der Waals surface area contributed by atoms with E-state index in [1.54, 1.807) is 0 Å². The number of hydrogen-bond donors (Lipinski definition) is 1. The molecule has 0 unspecified atom stereocenters. The summed E-state index contributed by atoms with van der Waals surface area (Å²) in [5.74, 6) is 0.702. The maximum Gasteiger partial charge on any atom is 0.411 e. The topological polar surface area (TPSA) is 54.0 Å². The average Bonchev–Trinajstić information content (AvgIpc) is 2.76. The van der Waals surface area contributed by atoms with Gasteiger partial charge in [-0.25, -0.2) is 4.79 Å². The molecule has 1 aromatic carbocycles. The Morgan fingerprint density at radius 2 is 1.53 bits per heavy atom. The van der Waals surface area contributed by atoms with E-state index in [1.807, 2.05) is 24.3 Å². The molecule has 0 radical (unpaired) electrons. The predicted molar refractivity (Wildman–Crippen MR) is 123 cm³/mol. The van der Waals surface area contributed by atoms with E-state index in [4.69, 9.17) is 9.47 Å². The van der Waals surface area contributed by atoms with Crippen LogP contribution in [-0.4, -0.2) is 68.4 Å². The summed E-state index contributed by atoms with van der Waals surface area (Å²) in [4.78, 5) is 17.1. The molecule has 0 saturated carbocycles. The Bertz CT molecular complexity index is 589. The van der Waals surface area contributed by atoms with E-state index >= 15 is 0 Å². The van der Waals surface area contributed by atoms with Gasteiger partial charge in [0.15, 0.2) is 0 Å². The molecule has 0 atom stereocenters. The van der Waals surface area contributed by atoms with Crippen LogP contribution in [0, 0.1) is 0 Å². The number of carbonyl (C=O) groups is 1. The van der Waals surface area contributed by atoms with E-state index in [9.17, 15) is 4.79 Å². The first-order chi connectivity index (χ1) is 14.7. The molecule has 1 fully saturated rings. The van der Waals surface area contributed by atoms with Gasteiger partial charge in [-0.3, -0.25) is 10.2 Å². The largest absolute Gasteiger partial charge is 0.491 e. The number of anilines is 1. The van der Waals surface area contributed by atoms with Crippen LogP contribution >= 0.6 is 0 Å². The molecule has 6 nitrogen and oxygen atoms in total. The number of nitrogens with zero attached hydrogens (tertiary/aromatic N) is 2. The summed E-state index contributed by atoms with van der Waals surface area (Å²) in [5, 5.41) is 2.83. The van der Waals surface area contributed by atoms with Gasteiger partial charge in [0.1, 0.15) is 12.4 Å². The third-order valence-electron chi connectivity index (χ3n) is 5.56. The molecular formula is C24H41N3O3. The zero-order valence-electron chi connectivity index (χ0n) is 19.0. The van der Waals surface area contributed by atoms with E-state index in [1.165, 1.54) is 45.1 Å². The van der Waals surface area contributed by atoms with Gasteiger partial charge in [-0.15, -0.1) is 0 Å². The second-order valence-electron chi connectivity index (χ2n) is 8.06. The van der Waals surface area contributed by atoms with Gasteiger partial charge >= 0.3 is 6.09 Å². The Labute approximate surface area is 182 Å². The third kappa shape index (κ3) is 9.81. The summed E-state index contributed by atoms with van der Waals surface area (Å²) < 4.78 is 11.3. The molecule has 1 N–H and O–H groups in total. The Balaban J connectivity index is 1.63. The molecular weight excluding hydrogens is 378 g/mol. The molecule has 1 saturated heterocycles. The number of nitrogens with one attached hydrogen (secondary N) is 1. The van der Waals surface area contributed by atoms with Crippen LogP contribution in [0.2, 0.25) is 0 Å². The molecule has 0 spiro atoms. The summed E-state index contributed by atoms with van der Waals surface area (Å²) in [6.45, 7) is 11.8. The van der Waals surface area contributed by atoms with Crippen LogP contribution in [0.25, 0.3) is 0 Å². The maximum absolute atomic E-state index is 12.2. The minimum atomic E-state index is -0.421. The highest BCUT2D eigenvalue weighted by Crippen LogP contribution is 2.24. The van der Waals surface area contributed by atoms with Gasteiger partial charge in [0.2, 0.25) is 0 Å². The highest BCUT2D eigenvalue weighted by Gasteiger charge is 2.16. The van der Waals surface area contributed by atoms with Crippen LogP contribution in [0.4, 0.5) is 10.5 Å². The molecule has 2 rings (SSSR count). The molecule has 30 heavy (non-hydrogen) atoms. The van der Waals surface area contributed by atoms with Crippen molar-refractivity contribution in [2.45, 2.75) is 58.8 Å². The van der Waals surface area contributed by atoms with E-state index in [-0.39, 0.29) is 0 Å². The number of rotatable bonds is 14. The van der Waals surface area contributed by atoms with Crippen molar-refractivity contribution in [1.29, 1.82) is 0 Å². The number of amides is 1. The minimum absolute atomic E-state index is 0.404. The van der Waals surface area contributed by atoms with Crippen LogP contribution < -0.4 is 10.1 Å². The van der Waals surface area contributed by atoms with Crippen molar-refractivity contribution in [2.24, 2.45) is 0 Å². The van der Waals surface area contributed by atoms with E-state index in [2.05, 4.69) is 29.0 Å². The van der Waals surface area contributed by atoms with Crippen molar-refractivity contribution < 1.29 is 14.3 Å². The first-order valence-corrected chi connectivity index (χ1v) is 11.8. The van der Waals surface area contributed by atoms with Crippen molar-refractivity contribution in [1.82, 2.24) is 9.80 Å². The molecule has 0 bridgehead atoms. The lowest BCUT2D eigenvalue weighted by atomic mass is 10.2. The van der Waals surface area contributed by atoms with Crippen molar-refractivity contribution in [3.63, 3.8) is 0 Å². The first kappa shape index (κ1) is 24.5. The predicted octanol–water partition coefficient (Wildman–Crippen LogP) is 5.00. The lowest BCUT2D eigenvalue weighted by Gasteiger charge is -2.34. The summed E-state index contributed by atoms with van der Waals surface area (Å²) >= 11 is 0. The van der Waals surface area contributed by atoms with Gasteiger partial charge in [0.25, 0.3) is 0 Å². The number of benzene rings is 1. The monoisotopic (exact) mass is 419 g/mol. The Morgan fingerprint density at radius 3 is 2.27 bits per heavy atom. The number of carbonyl (C=O) groups excluding carboxylic acids is 1. The minimum Gasteiger partial charge on any atom is -0.491 e. The molecule has 1 aliphatic heterocycles. The van der Waals surface area contributed by atoms with Gasteiger partial charge in [0.05, 0.1) is 12.3 Å². The Hall–Kier alpha value is -1.79.